The minimum absolute atomic E-state index is 0.156. The van der Waals surface area contributed by atoms with Crippen molar-refractivity contribution in [3.63, 3.8) is 0 Å². The molecule has 114 valence electrons. The van der Waals surface area contributed by atoms with Crippen LogP contribution in [0.1, 0.15) is 71.6 Å². The average Bonchev–Trinajstić information content (AvgIpc) is 2.35. The van der Waals surface area contributed by atoms with E-state index >= 15 is 0 Å². The summed E-state index contributed by atoms with van der Waals surface area (Å²) < 4.78 is 0. The Morgan fingerprint density at radius 3 is 1.74 bits per heavy atom. The minimum Gasteiger partial charge on any atom is -0.393 e. The molecule has 2 unspecified atom stereocenters. The van der Waals surface area contributed by atoms with E-state index in [1.54, 1.807) is 0 Å². The summed E-state index contributed by atoms with van der Waals surface area (Å²) in [5, 5.41) is 20.0. The Morgan fingerprint density at radius 1 is 0.947 bits per heavy atom. The van der Waals surface area contributed by atoms with Crippen molar-refractivity contribution >= 4 is 0 Å². The van der Waals surface area contributed by atoms with Gasteiger partial charge in [-0.05, 0) is 45.6 Å². The SMILES string of the molecule is CCCC(O)C[C@H]1CCC[C@@H](CC(O)CCC)N1C. The van der Waals surface area contributed by atoms with Gasteiger partial charge in [0.05, 0.1) is 12.2 Å². The monoisotopic (exact) mass is 271 g/mol. The molecule has 0 spiro atoms. The maximum absolute atomic E-state index is 10.00. The Bertz CT molecular complexity index is 213. The van der Waals surface area contributed by atoms with Crippen molar-refractivity contribution in [2.45, 2.75) is 95.9 Å². The Labute approximate surface area is 119 Å². The van der Waals surface area contributed by atoms with Gasteiger partial charge in [0.1, 0.15) is 0 Å². The summed E-state index contributed by atoms with van der Waals surface area (Å²) >= 11 is 0. The molecule has 1 saturated heterocycles. The van der Waals surface area contributed by atoms with E-state index in [9.17, 15) is 10.2 Å². The molecule has 1 fully saturated rings. The minimum atomic E-state index is -0.156. The van der Waals surface area contributed by atoms with E-state index in [1.807, 2.05) is 0 Å². The number of rotatable bonds is 8. The molecule has 0 amide bonds. The molecule has 1 rings (SSSR count). The first-order valence-electron chi connectivity index (χ1n) is 8.16. The van der Waals surface area contributed by atoms with Crippen LogP contribution in [-0.2, 0) is 0 Å². The standard InChI is InChI=1S/C16H33NO2/c1-4-7-15(18)11-13-9-6-10-14(17(13)3)12-16(19)8-5-2/h13-16,18-19H,4-12H2,1-3H3/t13-,14+,15?,16?. The van der Waals surface area contributed by atoms with Crippen molar-refractivity contribution in [2.75, 3.05) is 7.05 Å². The summed E-state index contributed by atoms with van der Waals surface area (Å²) in [5.41, 5.74) is 0. The molecule has 4 atom stereocenters. The number of hydrogen-bond acceptors (Lipinski definition) is 3. The molecule has 1 aliphatic rings. The molecule has 0 saturated carbocycles. The van der Waals surface area contributed by atoms with E-state index in [2.05, 4.69) is 25.8 Å². The van der Waals surface area contributed by atoms with Gasteiger partial charge < -0.3 is 15.1 Å². The van der Waals surface area contributed by atoms with Gasteiger partial charge in [-0.2, -0.15) is 0 Å². The molecular weight excluding hydrogens is 238 g/mol. The van der Waals surface area contributed by atoms with Gasteiger partial charge in [-0.15, -0.1) is 0 Å². The Hall–Kier alpha value is -0.120. The largest absolute Gasteiger partial charge is 0.393 e. The third kappa shape index (κ3) is 5.80. The molecule has 0 radical (unpaired) electrons. The predicted molar refractivity (Wildman–Crippen MR) is 80.3 cm³/mol. The van der Waals surface area contributed by atoms with Crippen LogP contribution in [0.2, 0.25) is 0 Å². The van der Waals surface area contributed by atoms with Crippen LogP contribution in [0.5, 0.6) is 0 Å². The van der Waals surface area contributed by atoms with Crippen LogP contribution in [0.4, 0.5) is 0 Å². The lowest BCUT2D eigenvalue weighted by Gasteiger charge is -2.41. The van der Waals surface area contributed by atoms with E-state index in [-0.39, 0.29) is 12.2 Å². The second-order valence-corrected chi connectivity index (χ2v) is 6.26. The highest BCUT2D eigenvalue weighted by Gasteiger charge is 2.29. The van der Waals surface area contributed by atoms with Crippen molar-refractivity contribution in [2.24, 2.45) is 0 Å². The predicted octanol–water partition coefficient (Wildman–Crippen LogP) is 2.94. The fraction of sp³-hybridized carbons (Fsp3) is 1.00. The summed E-state index contributed by atoms with van der Waals surface area (Å²) in [6, 6.07) is 0.989. The third-order valence-corrected chi connectivity index (χ3v) is 4.56. The van der Waals surface area contributed by atoms with Gasteiger partial charge in [0.2, 0.25) is 0 Å². The maximum atomic E-state index is 10.00. The summed E-state index contributed by atoms with van der Waals surface area (Å²) in [7, 11) is 2.17. The summed E-state index contributed by atoms with van der Waals surface area (Å²) in [6.45, 7) is 4.25. The van der Waals surface area contributed by atoms with Crippen LogP contribution < -0.4 is 0 Å². The highest BCUT2D eigenvalue weighted by Crippen LogP contribution is 2.28. The number of aliphatic hydroxyl groups excluding tert-OH is 2. The van der Waals surface area contributed by atoms with E-state index in [4.69, 9.17) is 0 Å². The number of aliphatic hydroxyl groups is 2. The lowest BCUT2D eigenvalue weighted by Crippen LogP contribution is -2.46. The first-order chi connectivity index (χ1) is 9.08. The number of nitrogens with zero attached hydrogens (tertiary/aromatic N) is 1. The normalized spacial score (nSPS) is 28.3. The molecule has 0 aliphatic carbocycles. The number of likely N-dealkylation sites (tertiary alicyclic amines) is 1. The van der Waals surface area contributed by atoms with Crippen molar-refractivity contribution in [1.29, 1.82) is 0 Å². The number of hydrogen-bond donors (Lipinski definition) is 2. The molecule has 0 aromatic carbocycles. The van der Waals surface area contributed by atoms with Gasteiger partial charge in [-0.3, -0.25) is 0 Å². The molecular formula is C16H33NO2. The van der Waals surface area contributed by atoms with E-state index in [1.165, 1.54) is 19.3 Å². The summed E-state index contributed by atoms with van der Waals surface area (Å²) in [5.74, 6) is 0. The zero-order valence-electron chi connectivity index (χ0n) is 13.0. The van der Waals surface area contributed by atoms with Crippen LogP contribution in [0.25, 0.3) is 0 Å². The first kappa shape index (κ1) is 16.9. The number of piperidine rings is 1. The smallest absolute Gasteiger partial charge is 0.0555 e. The second-order valence-electron chi connectivity index (χ2n) is 6.26. The Kier molecular flexibility index (Phi) is 7.96. The zero-order valence-corrected chi connectivity index (χ0v) is 13.0. The molecule has 3 heteroatoms. The van der Waals surface area contributed by atoms with E-state index < -0.39 is 0 Å². The van der Waals surface area contributed by atoms with E-state index in [0.717, 1.165) is 38.5 Å². The van der Waals surface area contributed by atoms with Crippen LogP contribution in [0.3, 0.4) is 0 Å². The molecule has 1 aliphatic heterocycles. The molecule has 0 aromatic rings. The molecule has 0 aromatic heterocycles. The highest BCUT2D eigenvalue weighted by molar-refractivity contribution is 4.85. The fourth-order valence-corrected chi connectivity index (χ4v) is 3.39. The second kappa shape index (κ2) is 8.93. The van der Waals surface area contributed by atoms with Crippen molar-refractivity contribution < 1.29 is 10.2 Å². The Morgan fingerprint density at radius 2 is 1.37 bits per heavy atom. The van der Waals surface area contributed by atoms with Gasteiger partial charge in [-0.25, -0.2) is 0 Å². The summed E-state index contributed by atoms with van der Waals surface area (Å²) in [4.78, 5) is 2.42. The van der Waals surface area contributed by atoms with Crippen LogP contribution in [0.15, 0.2) is 0 Å². The zero-order chi connectivity index (χ0) is 14.3. The quantitative estimate of drug-likeness (QED) is 0.713. The van der Waals surface area contributed by atoms with Gasteiger partial charge in [0.25, 0.3) is 0 Å². The van der Waals surface area contributed by atoms with Crippen LogP contribution in [-0.4, -0.2) is 46.5 Å². The fourth-order valence-electron chi connectivity index (χ4n) is 3.39. The third-order valence-electron chi connectivity index (χ3n) is 4.56. The average molecular weight is 271 g/mol. The van der Waals surface area contributed by atoms with Gasteiger partial charge in [0, 0.05) is 12.1 Å². The molecule has 0 bridgehead atoms. The van der Waals surface area contributed by atoms with Crippen molar-refractivity contribution in [3.05, 3.63) is 0 Å². The van der Waals surface area contributed by atoms with Gasteiger partial charge >= 0.3 is 0 Å². The summed E-state index contributed by atoms with van der Waals surface area (Å²) in [6.07, 6.45) is 9.02. The van der Waals surface area contributed by atoms with Crippen molar-refractivity contribution in [3.8, 4) is 0 Å². The molecule has 19 heavy (non-hydrogen) atoms. The van der Waals surface area contributed by atoms with Crippen LogP contribution in [0, 0.1) is 0 Å². The maximum Gasteiger partial charge on any atom is 0.0555 e. The van der Waals surface area contributed by atoms with E-state index in [0.29, 0.717) is 12.1 Å². The van der Waals surface area contributed by atoms with Gasteiger partial charge in [0.15, 0.2) is 0 Å². The highest BCUT2D eigenvalue weighted by atomic mass is 16.3. The first-order valence-corrected chi connectivity index (χ1v) is 8.16. The molecule has 3 nitrogen and oxygen atoms in total. The van der Waals surface area contributed by atoms with Crippen molar-refractivity contribution in [1.82, 2.24) is 4.90 Å². The van der Waals surface area contributed by atoms with Crippen LogP contribution >= 0.6 is 0 Å². The topological polar surface area (TPSA) is 43.7 Å². The molecule has 1 heterocycles. The Balaban J connectivity index is 2.43. The van der Waals surface area contributed by atoms with Gasteiger partial charge in [-0.1, -0.05) is 33.1 Å². The lowest BCUT2D eigenvalue weighted by atomic mass is 9.89. The molecule has 2 N–H and O–H groups in total. The lowest BCUT2D eigenvalue weighted by molar-refractivity contribution is 0.0320.